The lowest BCUT2D eigenvalue weighted by atomic mass is 10.0. The predicted molar refractivity (Wildman–Crippen MR) is 97.2 cm³/mol. The molecule has 25 heavy (non-hydrogen) atoms. The fourth-order valence-corrected chi connectivity index (χ4v) is 2.56. The lowest BCUT2D eigenvalue weighted by molar-refractivity contribution is -0.118. The second-order valence-electron chi connectivity index (χ2n) is 6.15. The van der Waals surface area contributed by atoms with Crippen LogP contribution in [0.25, 0.3) is 0 Å². The normalized spacial score (nSPS) is 13.1. The van der Waals surface area contributed by atoms with Crippen LogP contribution >= 0.6 is 0 Å². The molecule has 0 saturated carbocycles. The van der Waals surface area contributed by atoms with E-state index in [0.29, 0.717) is 12.1 Å². The van der Waals surface area contributed by atoms with Gasteiger partial charge in [-0.3, -0.25) is 14.9 Å². The standard InChI is InChI=1S/C20H24N2O3/c1-14(21-13-19(24)17-6-4-3-5-7-17)12-16-8-10-18(11-9-16)20(25)22-15(2)23/h3-11,14,19,21,24H,12-13H2,1-2H3,(H,22,23,25)/t14-,19+/m1/s1. The van der Waals surface area contributed by atoms with Gasteiger partial charge in [0.25, 0.3) is 5.91 Å². The Bertz CT molecular complexity index is 699. The van der Waals surface area contributed by atoms with Gasteiger partial charge in [-0.05, 0) is 36.6 Å². The highest BCUT2D eigenvalue weighted by Crippen LogP contribution is 2.12. The topological polar surface area (TPSA) is 78.4 Å². The van der Waals surface area contributed by atoms with Gasteiger partial charge in [0.15, 0.2) is 0 Å². The average Bonchev–Trinajstić information content (AvgIpc) is 2.60. The molecule has 0 fully saturated rings. The van der Waals surface area contributed by atoms with Crippen LogP contribution in [0.3, 0.4) is 0 Å². The summed E-state index contributed by atoms with van der Waals surface area (Å²) in [7, 11) is 0. The third kappa shape index (κ3) is 6.14. The highest BCUT2D eigenvalue weighted by atomic mass is 16.3. The van der Waals surface area contributed by atoms with Crippen LogP contribution in [-0.4, -0.2) is 29.5 Å². The van der Waals surface area contributed by atoms with E-state index in [0.717, 1.165) is 17.5 Å². The zero-order valence-corrected chi connectivity index (χ0v) is 14.5. The van der Waals surface area contributed by atoms with Gasteiger partial charge in [-0.25, -0.2) is 0 Å². The smallest absolute Gasteiger partial charge is 0.257 e. The Kier molecular flexibility index (Phi) is 6.86. The van der Waals surface area contributed by atoms with Gasteiger partial charge in [0, 0.05) is 25.1 Å². The Morgan fingerprint density at radius 2 is 1.68 bits per heavy atom. The molecule has 0 unspecified atom stereocenters. The number of imide groups is 1. The van der Waals surface area contributed by atoms with Crippen LogP contribution in [0, 0.1) is 0 Å². The van der Waals surface area contributed by atoms with Gasteiger partial charge in [-0.1, -0.05) is 42.5 Å². The first kappa shape index (κ1) is 18.8. The molecule has 2 rings (SSSR count). The maximum absolute atomic E-state index is 11.7. The van der Waals surface area contributed by atoms with Gasteiger partial charge >= 0.3 is 0 Å². The van der Waals surface area contributed by atoms with E-state index in [2.05, 4.69) is 10.6 Å². The van der Waals surface area contributed by atoms with Gasteiger partial charge < -0.3 is 10.4 Å². The molecule has 5 heteroatoms. The van der Waals surface area contributed by atoms with Crippen molar-refractivity contribution in [2.45, 2.75) is 32.4 Å². The largest absolute Gasteiger partial charge is 0.387 e. The van der Waals surface area contributed by atoms with E-state index in [9.17, 15) is 14.7 Å². The monoisotopic (exact) mass is 340 g/mol. The van der Waals surface area contributed by atoms with E-state index in [1.54, 1.807) is 12.1 Å². The van der Waals surface area contributed by atoms with Gasteiger partial charge in [0.2, 0.25) is 5.91 Å². The fraction of sp³-hybridized carbons (Fsp3) is 0.300. The molecule has 5 nitrogen and oxygen atoms in total. The fourth-order valence-electron chi connectivity index (χ4n) is 2.56. The number of aliphatic hydroxyl groups excluding tert-OH is 1. The molecular weight excluding hydrogens is 316 g/mol. The number of carbonyl (C=O) groups is 2. The van der Waals surface area contributed by atoms with Gasteiger partial charge in [0.05, 0.1) is 6.10 Å². The van der Waals surface area contributed by atoms with E-state index < -0.39 is 12.0 Å². The highest BCUT2D eigenvalue weighted by Gasteiger charge is 2.11. The summed E-state index contributed by atoms with van der Waals surface area (Å²) in [5.74, 6) is -0.764. The molecule has 2 aromatic carbocycles. The molecule has 0 aliphatic rings. The molecule has 132 valence electrons. The van der Waals surface area contributed by atoms with Gasteiger partial charge in [-0.2, -0.15) is 0 Å². The van der Waals surface area contributed by atoms with Crippen molar-refractivity contribution < 1.29 is 14.7 Å². The molecular formula is C20H24N2O3. The summed E-state index contributed by atoms with van der Waals surface area (Å²) in [4.78, 5) is 22.6. The zero-order chi connectivity index (χ0) is 18.2. The first-order valence-electron chi connectivity index (χ1n) is 8.33. The van der Waals surface area contributed by atoms with Crippen molar-refractivity contribution in [1.82, 2.24) is 10.6 Å². The van der Waals surface area contributed by atoms with E-state index >= 15 is 0 Å². The summed E-state index contributed by atoms with van der Waals surface area (Å²) in [6.45, 7) is 3.84. The average molecular weight is 340 g/mol. The molecule has 3 N–H and O–H groups in total. The minimum atomic E-state index is -0.540. The second kappa shape index (κ2) is 9.11. The van der Waals surface area contributed by atoms with E-state index in [1.165, 1.54) is 6.92 Å². The number of nitrogens with one attached hydrogen (secondary N) is 2. The Morgan fingerprint density at radius 1 is 1.04 bits per heavy atom. The summed E-state index contributed by atoms with van der Waals surface area (Å²) in [6.07, 6.45) is 0.233. The number of rotatable bonds is 7. The maximum Gasteiger partial charge on any atom is 0.257 e. The molecule has 0 aliphatic heterocycles. The van der Waals surface area contributed by atoms with Crippen molar-refractivity contribution >= 4 is 11.8 Å². The molecule has 0 heterocycles. The van der Waals surface area contributed by atoms with Crippen molar-refractivity contribution in [3.8, 4) is 0 Å². The molecule has 0 aromatic heterocycles. The van der Waals surface area contributed by atoms with Crippen LogP contribution in [0.1, 0.15) is 41.4 Å². The van der Waals surface area contributed by atoms with Crippen LogP contribution in [0.2, 0.25) is 0 Å². The quantitative estimate of drug-likeness (QED) is 0.722. The molecule has 0 spiro atoms. The van der Waals surface area contributed by atoms with Gasteiger partial charge in [0.1, 0.15) is 0 Å². The molecule has 0 aliphatic carbocycles. The second-order valence-corrected chi connectivity index (χ2v) is 6.15. The Hall–Kier alpha value is -2.50. The van der Waals surface area contributed by atoms with Crippen molar-refractivity contribution in [3.63, 3.8) is 0 Å². The number of benzene rings is 2. The lowest BCUT2D eigenvalue weighted by Gasteiger charge is -2.17. The molecule has 0 saturated heterocycles. The van der Waals surface area contributed by atoms with Crippen LogP contribution in [0.5, 0.6) is 0 Å². The lowest BCUT2D eigenvalue weighted by Crippen LogP contribution is -2.32. The summed E-state index contributed by atoms with van der Waals surface area (Å²) in [5, 5.41) is 15.7. The number of amides is 2. The number of carbonyl (C=O) groups excluding carboxylic acids is 2. The number of hydrogen-bond donors (Lipinski definition) is 3. The molecule has 2 atom stereocenters. The van der Waals surface area contributed by atoms with Crippen LogP contribution in [0.4, 0.5) is 0 Å². The Morgan fingerprint density at radius 3 is 2.28 bits per heavy atom. The highest BCUT2D eigenvalue weighted by molar-refractivity contribution is 6.04. The van der Waals surface area contributed by atoms with Crippen LogP contribution < -0.4 is 10.6 Å². The van der Waals surface area contributed by atoms with E-state index in [-0.39, 0.29) is 11.9 Å². The van der Waals surface area contributed by atoms with Crippen molar-refractivity contribution in [3.05, 3.63) is 71.3 Å². The molecule has 2 amide bonds. The van der Waals surface area contributed by atoms with E-state index in [4.69, 9.17) is 0 Å². The van der Waals surface area contributed by atoms with Crippen LogP contribution in [-0.2, 0) is 11.2 Å². The van der Waals surface area contributed by atoms with E-state index in [1.807, 2.05) is 49.4 Å². The first-order valence-corrected chi connectivity index (χ1v) is 8.33. The summed E-state index contributed by atoms with van der Waals surface area (Å²) in [6, 6.07) is 16.9. The van der Waals surface area contributed by atoms with Crippen LogP contribution in [0.15, 0.2) is 54.6 Å². The van der Waals surface area contributed by atoms with Gasteiger partial charge in [-0.15, -0.1) is 0 Å². The van der Waals surface area contributed by atoms with Crippen molar-refractivity contribution in [2.24, 2.45) is 0 Å². The number of hydrogen-bond acceptors (Lipinski definition) is 4. The third-order valence-corrected chi connectivity index (χ3v) is 3.89. The first-order chi connectivity index (χ1) is 12.0. The molecule has 0 radical (unpaired) electrons. The minimum Gasteiger partial charge on any atom is -0.387 e. The minimum absolute atomic E-state index is 0.176. The number of aliphatic hydroxyl groups is 1. The molecule has 0 bridgehead atoms. The summed E-state index contributed by atoms with van der Waals surface area (Å²) < 4.78 is 0. The zero-order valence-electron chi connectivity index (χ0n) is 14.5. The Balaban J connectivity index is 1.83. The Labute approximate surface area is 148 Å². The summed E-state index contributed by atoms with van der Waals surface area (Å²) in [5.41, 5.74) is 2.43. The SMILES string of the molecule is CC(=O)NC(=O)c1ccc(C[C@@H](C)NC[C@H](O)c2ccccc2)cc1. The maximum atomic E-state index is 11.7. The molecule has 2 aromatic rings. The third-order valence-electron chi connectivity index (χ3n) is 3.89. The predicted octanol–water partition coefficient (Wildman–Crippen LogP) is 2.22. The van der Waals surface area contributed by atoms with Crippen molar-refractivity contribution in [2.75, 3.05) is 6.54 Å². The summed E-state index contributed by atoms with van der Waals surface area (Å²) >= 11 is 0. The van der Waals surface area contributed by atoms with Crippen molar-refractivity contribution in [1.29, 1.82) is 0 Å².